The van der Waals surface area contributed by atoms with Gasteiger partial charge >= 0.3 is 0 Å². The highest BCUT2D eigenvalue weighted by atomic mass is 79.9. The number of hydrogen-bond acceptors (Lipinski definition) is 1. The van der Waals surface area contributed by atoms with Gasteiger partial charge in [-0.1, -0.05) is 41.1 Å². The number of hydrogen-bond donors (Lipinski definition) is 0. The molecule has 2 rings (SSSR count). The number of carbonyl (C=O) groups excluding carboxylic acids is 1. The zero-order chi connectivity index (χ0) is 13.1. The molecule has 0 aliphatic heterocycles. The molecule has 0 atom stereocenters. The van der Waals surface area contributed by atoms with Crippen molar-refractivity contribution in [1.29, 1.82) is 0 Å². The van der Waals surface area contributed by atoms with Gasteiger partial charge in [0.05, 0.1) is 0 Å². The first kappa shape index (κ1) is 13.0. The lowest BCUT2D eigenvalue weighted by Gasteiger charge is -2.10. The van der Waals surface area contributed by atoms with Crippen molar-refractivity contribution in [3.05, 3.63) is 58.3 Å². The summed E-state index contributed by atoms with van der Waals surface area (Å²) in [7, 11) is 0. The zero-order valence-electron chi connectivity index (χ0n) is 9.91. The van der Waals surface area contributed by atoms with Crippen LogP contribution >= 0.6 is 15.9 Å². The highest BCUT2D eigenvalue weighted by molar-refractivity contribution is 9.10. The molecule has 18 heavy (non-hydrogen) atoms. The van der Waals surface area contributed by atoms with Crippen molar-refractivity contribution in [3.8, 4) is 11.1 Å². The number of carbonyl (C=O) groups is 1. The molecule has 3 heteroatoms. The van der Waals surface area contributed by atoms with Gasteiger partial charge < -0.3 is 0 Å². The summed E-state index contributed by atoms with van der Waals surface area (Å²) in [5.41, 5.74) is 2.02. The van der Waals surface area contributed by atoms with Crippen molar-refractivity contribution in [2.75, 3.05) is 0 Å². The van der Waals surface area contributed by atoms with Crippen molar-refractivity contribution in [1.82, 2.24) is 0 Å². The fourth-order valence-electron chi connectivity index (χ4n) is 1.85. The summed E-state index contributed by atoms with van der Waals surface area (Å²) in [4.78, 5) is 11.9. The molecule has 2 aromatic rings. The second-order valence-corrected chi connectivity index (χ2v) is 4.80. The van der Waals surface area contributed by atoms with Gasteiger partial charge in [-0.3, -0.25) is 4.79 Å². The maximum Gasteiger partial charge on any atom is 0.163 e. The third kappa shape index (κ3) is 2.51. The van der Waals surface area contributed by atoms with E-state index < -0.39 is 0 Å². The topological polar surface area (TPSA) is 17.1 Å². The summed E-state index contributed by atoms with van der Waals surface area (Å²) in [6.45, 7) is 1.80. The normalized spacial score (nSPS) is 10.4. The summed E-state index contributed by atoms with van der Waals surface area (Å²) in [5, 5.41) is 0. The number of ketones is 1. The van der Waals surface area contributed by atoms with Crippen LogP contribution < -0.4 is 0 Å². The minimum atomic E-state index is -0.339. The van der Waals surface area contributed by atoms with Crippen LogP contribution in [0.1, 0.15) is 23.7 Å². The highest BCUT2D eigenvalue weighted by Gasteiger charge is 2.13. The Morgan fingerprint density at radius 3 is 2.56 bits per heavy atom. The molecule has 0 amide bonds. The number of Topliss-reactive ketones (excluding diaryl/α,β-unsaturated/α-hetero) is 1. The predicted molar refractivity (Wildman–Crippen MR) is 74.2 cm³/mol. The van der Waals surface area contributed by atoms with Crippen molar-refractivity contribution in [2.24, 2.45) is 0 Å². The molecular weight excluding hydrogens is 295 g/mol. The largest absolute Gasteiger partial charge is 0.294 e. The maximum atomic E-state index is 13.4. The fraction of sp³-hybridized carbons (Fsp3) is 0.133. The quantitative estimate of drug-likeness (QED) is 0.741. The van der Waals surface area contributed by atoms with E-state index >= 15 is 0 Å². The Morgan fingerprint density at radius 2 is 1.89 bits per heavy atom. The van der Waals surface area contributed by atoms with Gasteiger partial charge in [-0.05, 0) is 35.4 Å². The van der Waals surface area contributed by atoms with E-state index in [9.17, 15) is 9.18 Å². The van der Waals surface area contributed by atoms with E-state index in [4.69, 9.17) is 0 Å². The van der Waals surface area contributed by atoms with Gasteiger partial charge in [0.1, 0.15) is 5.82 Å². The molecule has 2 aromatic carbocycles. The predicted octanol–water partition coefficient (Wildman–Crippen LogP) is 4.85. The lowest BCUT2D eigenvalue weighted by atomic mass is 9.96. The van der Waals surface area contributed by atoms with Crippen molar-refractivity contribution < 1.29 is 9.18 Å². The second-order valence-electron chi connectivity index (χ2n) is 3.95. The molecule has 0 N–H and O–H groups in total. The molecule has 0 spiro atoms. The van der Waals surface area contributed by atoms with Gasteiger partial charge in [-0.15, -0.1) is 0 Å². The maximum absolute atomic E-state index is 13.4. The van der Waals surface area contributed by atoms with Crippen LogP contribution in [0.4, 0.5) is 4.39 Å². The molecule has 1 nitrogen and oxygen atoms in total. The third-order valence-corrected chi connectivity index (χ3v) is 3.46. The summed E-state index contributed by atoms with van der Waals surface area (Å²) < 4.78 is 14.3. The Kier molecular flexibility index (Phi) is 3.92. The fourth-order valence-corrected chi connectivity index (χ4v) is 2.35. The Hall–Kier alpha value is -1.48. The highest BCUT2D eigenvalue weighted by Crippen LogP contribution is 2.31. The van der Waals surface area contributed by atoms with Crippen molar-refractivity contribution in [3.63, 3.8) is 0 Å². The Balaban J connectivity index is 2.66. The second kappa shape index (κ2) is 5.44. The summed E-state index contributed by atoms with van der Waals surface area (Å²) in [6, 6.07) is 11.8. The Morgan fingerprint density at radius 1 is 1.17 bits per heavy atom. The van der Waals surface area contributed by atoms with E-state index in [1.807, 2.05) is 24.3 Å². The molecule has 0 fully saturated rings. The van der Waals surface area contributed by atoms with Crippen LogP contribution in [0.5, 0.6) is 0 Å². The van der Waals surface area contributed by atoms with Gasteiger partial charge in [-0.25, -0.2) is 4.39 Å². The SMILES string of the molecule is CCC(=O)c1ccc(F)cc1-c1ccccc1Br. The standard InChI is InChI=1S/C15H12BrFO/c1-2-15(18)12-8-7-10(17)9-13(12)11-5-3-4-6-14(11)16/h3-9H,2H2,1H3. The average molecular weight is 307 g/mol. The molecule has 0 aromatic heterocycles. The summed E-state index contributed by atoms with van der Waals surface area (Å²) in [6.07, 6.45) is 0.406. The summed E-state index contributed by atoms with van der Waals surface area (Å²) in [5.74, 6) is -0.325. The van der Waals surface area contributed by atoms with Gasteiger partial charge in [-0.2, -0.15) is 0 Å². The van der Waals surface area contributed by atoms with E-state index in [-0.39, 0.29) is 11.6 Å². The lowest BCUT2D eigenvalue weighted by Crippen LogP contribution is -2.00. The smallest absolute Gasteiger partial charge is 0.163 e. The van der Waals surface area contributed by atoms with E-state index in [0.29, 0.717) is 17.5 Å². The van der Waals surface area contributed by atoms with Gasteiger partial charge in [0.25, 0.3) is 0 Å². The Labute approximate surface area is 114 Å². The molecule has 0 saturated carbocycles. The lowest BCUT2D eigenvalue weighted by molar-refractivity contribution is 0.0989. The number of rotatable bonds is 3. The summed E-state index contributed by atoms with van der Waals surface area (Å²) >= 11 is 3.43. The molecular formula is C15H12BrFO. The first-order valence-electron chi connectivity index (χ1n) is 5.71. The van der Waals surface area contributed by atoms with E-state index in [2.05, 4.69) is 15.9 Å². The van der Waals surface area contributed by atoms with Crippen LogP contribution in [0.25, 0.3) is 11.1 Å². The molecule has 0 heterocycles. The van der Waals surface area contributed by atoms with Crippen LogP contribution in [-0.2, 0) is 0 Å². The molecule has 0 bridgehead atoms. The molecule has 0 aliphatic rings. The zero-order valence-corrected chi connectivity index (χ0v) is 11.5. The van der Waals surface area contributed by atoms with Crippen LogP contribution in [0, 0.1) is 5.82 Å². The van der Waals surface area contributed by atoms with E-state index in [1.54, 1.807) is 13.0 Å². The first-order chi connectivity index (χ1) is 8.63. The minimum Gasteiger partial charge on any atom is -0.294 e. The van der Waals surface area contributed by atoms with E-state index in [1.165, 1.54) is 12.1 Å². The van der Waals surface area contributed by atoms with Crippen LogP contribution in [0.15, 0.2) is 46.9 Å². The van der Waals surface area contributed by atoms with Crippen molar-refractivity contribution >= 4 is 21.7 Å². The van der Waals surface area contributed by atoms with Crippen LogP contribution in [0.2, 0.25) is 0 Å². The molecule has 0 aliphatic carbocycles. The third-order valence-electron chi connectivity index (χ3n) is 2.77. The molecule has 0 radical (unpaired) electrons. The molecule has 0 saturated heterocycles. The van der Waals surface area contributed by atoms with Crippen LogP contribution in [-0.4, -0.2) is 5.78 Å². The molecule has 92 valence electrons. The van der Waals surface area contributed by atoms with Crippen LogP contribution in [0.3, 0.4) is 0 Å². The van der Waals surface area contributed by atoms with Crippen molar-refractivity contribution in [2.45, 2.75) is 13.3 Å². The average Bonchev–Trinajstić information content (AvgIpc) is 2.38. The van der Waals surface area contributed by atoms with Gasteiger partial charge in [0, 0.05) is 16.5 Å². The Bertz CT molecular complexity index is 593. The monoisotopic (exact) mass is 306 g/mol. The van der Waals surface area contributed by atoms with E-state index in [0.717, 1.165) is 10.0 Å². The van der Waals surface area contributed by atoms with Gasteiger partial charge in [0.2, 0.25) is 0 Å². The number of benzene rings is 2. The minimum absolute atomic E-state index is 0.0146. The molecule has 0 unspecified atom stereocenters. The van der Waals surface area contributed by atoms with Gasteiger partial charge in [0.15, 0.2) is 5.78 Å². The first-order valence-corrected chi connectivity index (χ1v) is 6.50. The number of halogens is 2.